The van der Waals surface area contributed by atoms with Crippen molar-refractivity contribution in [3.05, 3.63) is 41.5 Å². The third-order valence-electron chi connectivity index (χ3n) is 3.13. The summed E-state index contributed by atoms with van der Waals surface area (Å²) in [6.07, 6.45) is 0. The van der Waals surface area contributed by atoms with Gasteiger partial charge in [0.15, 0.2) is 0 Å². The SMILES string of the molecule is Cc1cc(S(=O)(=O)[O-])c2cc(C(C)C)cccc1-2.[Na+]. The van der Waals surface area contributed by atoms with Crippen molar-refractivity contribution in [3.8, 4) is 11.1 Å². The molecule has 0 atom stereocenters. The van der Waals surface area contributed by atoms with Gasteiger partial charge in [-0.2, -0.15) is 0 Å². The van der Waals surface area contributed by atoms with Crippen LogP contribution in [0.3, 0.4) is 0 Å². The van der Waals surface area contributed by atoms with Gasteiger partial charge in [-0.25, -0.2) is 8.42 Å². The van der Waals surface area contributed by atoms with Crippen molar-refractivity contribution in [2.24, 2.45) is 0 Å². The fourth-order valence-electron chi connectivity index (χ4n) is 2.10. The molecule has 0 aliphatic heterocycles. The van der Waals surface area contributed by atoms with Crippen LogP contribution in [0.15, 0.2) is 35.2 Å². The molecule has 0 N–H and O–H groups in total. The molecule has 0 radical (unpaired) electrons. The van der Waals surface area contributed by atoms with Crippen LogP contribution in [0.5, 0.6) is 0 Å². The van der Waals surface area contributed by atoms with Crippen molar-refractivity contribution in [1.82, 2.24) is 0 Å². The molecule has 0 amide bonds. The summed E-state index contributed by atoms with van der Waals surface area (Å²) in [5.41, 5.74) is 3.17. The van der Waals surface area contributed by atoms with E-state index in [4.69, 9.17) is 0 Å². The predicted molar refractivity (Wildman–Crippen MR) is 69.9 cm³/mol. The van der Waals surface area contributed by atoms with Crippen molar-refractivity contribution in [2.75, 3.05) is 0 Å². The van der Waals surface area contributed by atoms with Crippen LogP contribution in [-0.4, -0.2) is 13.0 Å². The predicted octanol–water partition coefficient (Wildman–Crippen LogP) is 0.131. The zero-order chi connectivity index (χ0) is 13.5. The maximum atomic E-state index is 11.3. The molecule has 5 heteroatoms. The molecule has 2 rings (SSSR count). The summed E-state index contributed by atoms with van der Waals surface area (Å²) in [4.78, 5) is -0.117. The Morgan fingerprint density at radius 2 is 1.74 bits per heavy atom. The summed E-state index contributed by atoms with van der Waals surface area (Å²) in [5.74, 6) is 0.276. The Kier molecular flexibility index (Phi) is 5.21. The normalized spacial score (nSPS) is 11.6. The van der Waals surface area contributed by atoms with Crippen molar-refractivity contribution >= 4 is 10.1 Å². The second kappa shape index (κ2) is 5.94. The van der Waals surface area contributed by atoms with E-state index in [2.05, 4.69) is 0 Å². The van der Waals surface area contributed by atoms with Gasteiger partial charge < -0.3 is 4.55 Å². The van der Waals surface area contributed by atoms with E-state index in [9.17, 15) is 13.0 Å². The second-order valence-corrected chi connectivity index (χ2v) is 6.15. The molecule has 0 unspecified atom stereocenters. The summed E-state index contributed by atoms with van der Waals surface area (Å²) >= 11 is 0. The summed E-state index contributed by atoms with van der Waals surface area (Å²) < 4.78 is 33.9. The summed E-state index contributed by atoms with van der Waals surface area (Å²) in [6, 6.07) is 8.96. The first kappa shape index (κ1) is 16.7. The van der Waals surface area contributed by atoms with Crippen molar-refractivity contribution in [1.29, 1.82) is 0 Å². The molecule has 0 heterocycles. The van der Waals surface area contributed by atoms with Crippen LogP contribution < -0.4 is 29.6 Å². The van der Waals surface area contributed by atoms with Crippen LogP contribution in [-0.2, 0) is 10.1 Å². The van der Waals surface area contributed by atoms with Gasteiger partial charge in [-0.15, -0.1) is 0 Å². The van der Waals surface area contributed by atoms with Crippen LogP contribution in [0, 0.1) is 6.92 Å². The number of fused-ring (bicyclic) bond motifs is 1. The molecule has 0 aromatic heterocycles. The molecule has 0 aromatic rings. The Labute approximate surface area is 136 Å². The molecular weight excluding hydrogens is 271 g/mol. The van der Waals surface area contributed by atoms with Gasteiger partial charge in [0.2, 0.25) is 0 Å². The third-order valence-corrected chi connectivity index (χ3v) is 4.00. The maximum absolute atomic E-state index is 11.3. The van der Waals surface area contributed by atoms with E-state index in [0.717, 1.165) is 16.7 Å². The third kappa shape index (κ3) is 3.38. The number of hydrogen-bond acceptors (Lipinski definition) is 3. The Morgan fingerprint density at radius 3 is 2.26 bits per heavy atom. The van der Waals surface area contributed by atoms with E-state index in [0.29, 0.717) is 5.56 Å². The Morgan fingerprint density at radius 1 is 1.11 bits per heavy atom. The minimum Gasteiger partial charge on any atom is -0.744 e. The number of aryl methyl sites for hydroxylation is 1. The van der Waals surface area contributed by atoms with E-state index in [1.165, 1.54) is 6.07 Å². The van der Waals surface area contributed by atoms with Crippen molar-refractivity contribution in [2.45, 2.75) is 31.6 Å². The molecule has 2 aliphatic carbocycles. The molecule has 0 fully saturated rings. The second-order valence-electron chi connectivity index (χ2n) is 4.80. The molecule has 0 spiro atoms. The molecule has 0 bridgehead atoms. The van der Waals surface area contributed by atoms with Crippen LogP contribution in [0.4, 0.5) is 0 Å². The maximum Gasteiger partial charge on any atom is 1.00 e. The fraction of sp³-hybridized carbons (Fsp3) is 0.286. The van der Waals surface area contributed by atoms with E-state index < -0.39 is 10.1 Å². The van der Waals surface area contributed by atoms with E-state index in [1.807, 2.05) is 39.0 Å². The van der Waals surface area contributed by atoms with E-state index >= 15 is 0 Å². The van der Waals surface area contributed by atoms with E-state index in [-0.39, 0.29) is 40.4 Å². The van der Waals surface area contributed by atoms with Gasteiger partial charge >= 0.3 is 29.6 Å². The summed E-state index contributed by atoms with van der Waals surface area (Å²) in [5, 5.41) is 0. The fourth-order valence-corrected chi connectivity index (χ4v) is 2.86. The van der Waals surface area contributed by atoms with Crippen LogP contribution in [0.2, 0.25) is 0 Å². The van der Waals surface area contributed by atoms with Gasteiger partial charge in [-0.3, -0.25) is 0 Å². The van der Waals surface area contributed by atoms with Gasteiger partial charge in [0.25, 0.3) is 0 Å². The van der Waals surface area contributed by atoms with E-state index in [1.54, 1.807) is 6.07 Å². The van der Waals surface area contributed by atoms with Gasteiger partial charge in [-0.1, -0.05) is 32.0 Å². The molecule has 0 saturated carbocycles. The Balaban J connectivity index is 0.00000180. The first-order valence-electron chi connectivity index (χ1n) is 5.80. The zero-order valence-electron chi connectivity index (χ0n) is 11.6. The average Bonchev–Trinajstić information content (AvgIpc) is 2.47. The molecule has 3 nitrogen and oxygen atoms in total. The monoisotopic (exact) mass is 286 g/mol. The van der Waals surface area contributed by atoms with Crippen LogP contribution in [0.1, 0.15) is 30.9 Å². The molecule has 96 valence electrons. The topological polar surface area (TPSA) is 57.2 Å². The first-order chi connectivity index (χ1) is 8.30. The van der Waals surface area contributed by atoms with Crippen molar-refractivity contribution < 1.29 is 42.5 Å². The summed E-state index contributed by atoms with van der Waals surface area (Å²) in [7, 11) is -4.43. The van der Waals surface area contributed by atoms with Gasteiger partial charge in [0, 0.05) is 0 Å². The minimum absolute atomic E-state index is 0. The Bertz CT molecular complexity index is 663. The molecule has 2 aliphatic rings. The zero-order valence-corrected chi connectivity index (χ0v) is 14.4. The molecule has 0 saturated heterocycles. The molecule has 0 aromatic carbocycles. The number of rotatable bonds is 2. The average molecular weight is 286 g/mol. The van der Waals surface area contributed by atoms with Crippen LogP contribution >= 0.6 is 0 Å². The summed E-state index contributed by atoms with van der Waals surface area (Å²) in [6.45, 7) is 5.87. The van der Waals surface area contributed by atoms with Gasteiger partial charge in [0.1, 0.15) is 10.1 Å². The smallest absolute Gasteiger partial charge is 0.744 e. The Hall–Kier alpha value is -0.390. The van der Waals surface area contributed by atoms with Crippen molar-refractivity contribution in [3.63, 3.8) is 0 Å². The number of hydrogen-bond donors (Lipinski definition) is 0. The standard InChI is InChI=1S/C14H16O3S.Na/c1-9(2)11-5-4-6-12-10(3)7-14(13(12)8-11)18(15,16)17;/h4-9H,1-3H3,(H,15,16,17);/q;+1/p-1. The molecule has 19 heavy (non-hydrogen) atoms. The minimum atomic E-state index is -4.43. The van der Waals surface area contributed by atoms with Crippen LogP contribution in [0.25, 0.3) is 11.1 Å². The largest absolute Gasteiger partial charge is 1.00 e. The quantitative estimate of drug-likeness (QED) is 0.582. The molecular formula is C14H15NaO3S. The van der Waals surface area contributed by atoms with Gasteiger partial charge in [-0.05, 0) is 47.2 Å². The first-order valence-corrected chi connectivity index (χ1v) is 7.20. The van der Waals surface area contributed by atoms with Gasteiger partial charge in [0.05, 0.1) is 4.90 Å².